The number of nitrogens with zero attached hydrogens (tertiary/aromatic N) is 4. The van der Waals surface area contributed by atoms with E-state index in [0.29, 0.717) is 12.1 Å². The normalized spacial score (nSPS) is 17.7. The smallest absolute Gasteiger partial charge is 0.157 e. The minimum Gasteiger partial charge on any atom is -0.366 e. The fourth-order valence-electron chi connectivity index (χ4n) is 4.97. The summed E-state index contributed by atoms with van der Waals surface area (Å²) < 4.78 is 1.94. The first-order valence-electron chi connectivity index (χ1n) is 9.89. The van der Waals surface area contributed by atoms with Gasteiger partial charge in [-0.25, -0.2) is 4.98 Å². The Kier molecular flexibility index (Phi) is 3.86. The first-order valence-corrected chi connectivity index (χ1v) is 9.89. The first kappa shape index (κ1) is 16.3. The molecule has 27 heavy (non-hydrogen) atoms. The van der Waals surface area contributed by atoms with Crippen molar-refractivity contribution in [1.29, 1.82) is 5.26 Å². The van der Waals surface area contributed by atoms with E-state index < -0.39 is 0 Å². The number of hydrogen-bond acceptors (Lipinski definition) is 4. The van der Waals surface area contributed by atoms with Crippen LogP contribution in [0.15, 0.2) is 36.5 Å². The van der Waals surface area contributed by atoms with Crippen molar-refractivity contribution in [2.24, 2.45) is 0 Å². The summed E-state index contributed by atoms with van der Waals surface area (Å²) in [5, 5.41) is 17.3. The molecule has 1 aromatic carbocycles. The van der Waals surface area contributed by atoms with Crippen LogP contribution in [0.4, 0.5) is 5.82 Å². The largest absolute Gasteiger partial charge is 0.366 e. The number of fused-ring (bicyclic) bond motifs is 3. The highest BCUT2D eigenvalue weighted by Gasteiger charge is 2.42. The topological polar surface area (TPSA) is 66.0 Å². The summed E-state index contributed by atoms with van der Waals surface area (Å²) in [4.78, 5) is 5.05. The van der Waals surface area contributed by atoms with Gasteiger partial charge in [-0.1, -0.05) is 31.4 Å². The molecular formula is C22H23N5. The Morgan fingerprint density at radius 1 is 1.15 bits per heavy atom. The summed E-state index contributed by atoms with van der Waals surface area (Å²) >= 11 is 0. The highest BCUT2D eigenvalue weighted by Crippen LogP contribution is 2.49. The lowest BCUT2D eigenvalue weighted by atomic mass is 9.72. The molecule has 5 nitrogen and oxygen atoms in total. The van der Waals surface area contributed by atoms with Gasteiger partial charge < -0.3 is 5.32 Å². The van der Waals surface area contributed by atoms with E-state index in [2.05, 4.69) is 22.6 Å². The van der Waals surface area contributed by atoms with E-state index in [4.69, 9.17) is 10.2 Å². The number of nitrogens with one attached hydrogen (secondary N) is 1. The summed E-state index contributed by atoms with van der Waals surface area (Å²) in [5.74, 6) is 1.07. The van der Waals surface area contributed by atoms with E-state index in [-0.39, 0.29) is 5.41 Å². The van der Waals surface area contributed by atoms with Crippen molar-refractivity contribution >= 4 is 11.5 Å². The van der Waals surface area contributed by atoms with Gasteiger partial charge in [0.2, 0.25) is 0 Å². The molecule has 1 spiro atoms. The Morgan fingerprint density at radius 3 is 2.89 bits per heavy atom. The van der Waals surface area contributed by atoms with Crippen molar-refractivity contribution in [1.82, 2.24) is 14.6 Å². The van der Waals surface area contributed by atoms with Gasteiger partial charge in [0.1, 0.15) is 5.82 Å². The second-order valence-corrected chi connectivity index (χ2v) is 7.90. The molecule has 2 aliphatic carbocycles. The molecule has 1 N–H and O–H groups in total. The van der Waals surface area contributed by atoms with Crippen LogP contribution in [-0.4, -0.2) is 14.6 Å². The van der Waals surface area contributed by atoms with Gasteiger partial charge in [0.05, 0.1) is 23.5 Å². The quantitative estimate of drug-likeness (QED) is 0.756. The summed E-state index contributed by atoms with van der Waals surface area (Å²) in [6, 6.07) is 12.0. The molecule has 2 heterocycles. The molecule has 5 heteroatoms. The molecule has 2 aliphatic rings. The monoisotopic (exact) mass is 357 g/mol. The zero-order valence-electron chi connectivity index (χ0n) is 15.4. The maximum atomic E-state index is 9.14. The number of nitriles is 1. The average molecular weight is 357 g/mol. The van der Waals surface area contributed by atoms with Gasteiger partial charge in [-0.2, -0.15) is 14.9 Å². The Bertz CT molecular complexity index is 1040. The summed E-state index contributed by atoms with van der Waals surface area (Å²) in [6.07, 6.45) is 10.6. The molecule has 0 amide bonds. The van der Waals surface area contributed by atoms with Crippen molar-refractivity contribution < 1.29 is 0 Å². The molecular weight excluding hydrogens is 334 g/mol. The average Bonchev–Trinajstić information content (AvgIpc) is 3.32. The van der Waals surface area contributed by atoms with Crippen molar-refractivity contribution in [3.63, 3.8) is 0 Å². The number of benzene rings is 1. The molecule has 0 bridgehead atoms. The predicted molar refractivity (Wildman–Crippen MR) is 105 cm³/mol. The Labute approximate surface area is 159 Å². The second-order valence-electron chi connectivity index (χ2n) is 7.90. The third kappa shape index (κ3) is 2.68. The predicted octanol–water partition coefficient (Wildman–Crippen LogP) is 4.36. The molecule has 0 radical (unpaired) electrons. The van der Waals surface area contributed by atoms with E-state index in [9.17, 15) is 0 Å². The lowest BCUT2D eigenvalue weighted by Gasteiger charge is -2.33. The number of aromatic nitrogens is 3. The van der Waals surface area contributed by atoms with E-state index in [0.717, 1.165) is 23.4 Å². The van der Waals surface area contributed by atoms with Crippen LogP contribution in [0.5, 0.6) is 0 Å². The van der Waals surface area contributed by atoms with Gasteiger partial charge in [0.25, 0.3) is 0 Å². The Hall–Kier alpha value is -2.87. The first-order chi connectivity index (χ1) is 13.3. The zero-order chi connectivity index (χ0) is 18.3. The van der Waals surface area contributed by atoms with Gasteiger partial charge in [-0.05, 0) is 43.4 Å². The van der Waals surface area contributed by atoms with Crippen molar-refractivity contribution in [2.75, 3.05) is 5.32 Å². The van der Waals surface area contributed by atoms with Gasteiger partial charge in [0, 0.05) is 23.6 Å². The SMILES string of the molecule is N#Cc1cccc(CNc2c3c(nc4ccnn24)C2(CCCCC2)CC3)c1. The summed E-state index contributed by atoms with van der Waals surface area (Å²) in [7, 11) is 0. The van der Waals surface area contributed by atoms with E-state index >= 15 is 0 Å². The van der Waals surface area contributed by atoms with E-state index in [1.165, 1.54) is 49.8 Å². The minimum atomic E-state index is 0.275. The minimum absolute atomic E-state index is 0.275. The third-order valence-corrected chi connectivity index (χ3v) is 6.32. The van der Waals surface area contributed by atoms with Gasteiger partial charge in [-0.3, -0.25) is 0 Å². The van der Waals surface area contributed by atoms with Crippen LogP contribution in [0.3, 0.4) is 0 Å². The van der Waals surface area contributed by atoms with Crippen molar-refractivity contribution in [2.45, 2.75) is 56.9 Å². The number of anilines is 1. The van der Waals surface area contributed by atoms with Gasteiger partial charge >= 0.3 is 0 Å². The van der Waals surface area contributed by atoms with Crippen molar-refractivity contribution in [3.05, 3.63) is 58.9 Å². The molecule has 136 valence electrons. The molecule has 1 fully saturated rings. The third-order valence-electron chi connectivity index (χ3n) is 6.32. The van der Waals surface area contributed by atoms with Crippen LogP contribution in [0.25, 0.3) is 5.65 Å². The lowest BCUT2D eigenvalue weighted by Crippen LogP contribution is -2.27. The Balaban J connectivity index is 1.54. The maximum Gasteiger partial charge on any atom is 0.157 e. The molecule has 0 atom stereocenters. The highest BCUT2D eigenvalue weighted by molar-refractivity contribution is 5.59. The highest BCUT2D eigenvalue weighted by atomic mass is 15.3. The Morgan fingerprint density at radius 2 is 2.04 bits per heavy atom. The molecule has 0 aliphatic heterocycles. The lowest BCUT2D eigenvalue weighted by molar-refractivity contribution is 0.286. The fraction of sp³-hybridized carbons (Fsp3) is 0.409. The van der Waals surface area contributed by atoms with Gasteiger partial charge in [0.15, 0.2) is 5.65 Å². The summed E-state index contributed by atoms with van der Waals surface area (Å²) in [6.45, 7) is 0.675. The summed E-state index contributed by atoms with van der Waals surface area (Å²) in [5.41, 5.74) is 5.64. The van der Waals surface area contributed by atoms with Crippen LogP contribution in [0.1, 0.15) is 60.9 Å². The number of rotatable bonds is 3. The zero-order valence-corrected chi connectivity index (χ0v) is 15.4. The second kappa shape index (κ2) is 6.38. The van der Waals surface area contributed by atoms with Crippen LogP contribution in [-0.2, 0) is 18.4 Å². The van der Waals surface area contributed by atoms with Gasteiger partial charge in [-0.15, -0.1) is 0 Å². The van der Waals surface area contributed by atoms with Crippen molar-refractivity contribution in [3.8, 4) is 6.07 Å². The fourth-order valence-corrected chi connectivity index (χ4v) is 4.97. The van der Waals surface area contributed by atoms with Crippen LogP contribution >= 0.6 is 0 Å². The van der Waals surface area contributed by atoms with Crippen LogP contribution < -0.4 is 5.32 Å². The molecule has 0 saturated heterocycles. The molecule has 3 aromatic rings. The van der Waals surface area contributed by atoms with E-state index in [1.54, 1.807) is 0 Å². The van der Waals surface area contributed by atoms with Crippen LogP contribution in [0, 0.1) is 11.3 Å². The van der Waals surface area contributed by atoms with E-state index in [1.807, 2.05) is 35.0 Å². The molecule has 1 saturated carbocycles. The number of hydrogen-bond donors (Lipinski definition) is 1. The molecule has 0 unspecified atom stereocenters. The van der Waals surface area contributed by atoms with Crippen LogP contribution in [0.2, 0.25) is 0 Å². The maximum absolute atomic E-state index is 9.14. The molecule has 5 rings (SSSR count). The standard InChI is InChI=1S/C22H23N5/c23-14-16-5-4-6-17(13-16)15-24-21-18-7-11-22(9-2-1-3-10-22)20(18)26-19-8-12-25-27(19)21/h4-6,8,12-13,24H,1-3,7,9-11,15H2. The molecule has 2 aromatic heterocycles.